The van der Waals surface area contributed by atoms with Crippen LogP contribution in [-0.2, 0) is 23.9 Å². The number of hydrogen-bond donors (Lipinski definition) is 1. The predicted molar refractivity (Wildman–Crippen MR) is 107 cm³/mol. The fourth-order valence-corrected chi connectivity index (χ4v) is 4.29. The van der Waals surface area contributed by atoms with E-state index in [-0.39, 0.29) is 23.0 Å². The number of nitrogens with zero attached hydrogens (tertiary/aromatic N) is 1. The van der Waals surface area contributed by atoms with Crippen LogP contribution in [0.5, 0.6) is 0 Å². The number of esters is 2. The Bertz CT molecular complexity index is 833. The molecule has 1 amide bonds. The summed E-state index contributed by atoms with van der Waals surface area (Å²) in [5, 5.41) is 12.6. The van der Waals surface area contributed by atoms with Crippen LogP contribution in [0.3, 0.4) is 0 Å². The van der Waals surface area contributed by atoms with Crippen LogP contribution in [0.25, 0.3) is 0 Å². The van der Waals surface area contributed by atoms with Gasteiger partial charge >= 0.3 is 11.9 Å². The fourth-order valence-electron chi connectivity index (χ4n) is 2.72. The van der Waals surface area contributed by atoms with Crippen molar-refractivity contribution < 1.29 is 23.9 Å². The zero-order valence-corrected chi connectivity index (χ0v) is 17.6. The van der Waals surface area contributed by atoms with Gasteiger partial charge < -0.3 is 14.8 Å². The van der Waals surface area contributed by atoms with Crippen molar-refractivity contribution in [1.29, 1.82) is 5.26 Å². The molecule has 1 aliphatic heterocycles. The Labute approximate surface area is 174 Å². The topological polar surface area (TPSA) is 105 Å². The van der Waals surface area contributed by atoms with Crippen LogP contribution in [0, 0.1) is 20.8 Å². The number of ether oxygens (including phenoxy) is 2. The van der Waals surface area contributed by atoms with E-state index in [1.54, 1.807) is 19.1 Å². The molecule has 1 aromatic carbocycles. The van der Waals surface area contributed by atoms with E-state index in [4.69, 9.17) is 9.47 Å². The van der Waals surface area contributed by atoms with Crippen molar-refractivity contribution in [2.45, 2.75) is 12.8 Å². The summed E-state index contributed by atoms with van der Waals surface area (Å²) >= 11 is 3.10. The minimum atomic E-state index is -1.19. The number of thioether (sulfide) groups is 1. The highest BCUT2D eigenvalue weighted by molar-refractivity contribution is 14.1. The largest absolute Gasteiger partial charge is 0.468 e. The summed E-state index contributed by atoms with van der Waals surface area (Å²) < 4.78 is 10.5. The van der Waals surface area contributed by atoms with Crippen LogP contribution >= 0.6 is 34.4 Å². The number of rotatable bonds is 6. The highest BCUT2D eigenvalue weighted by Crippen LogP contribution is 2.41. The van der Waals surface area contributed by atoms with E-state index in [9.17, 15) is 19.6 Å². The molecule has 142 valence electrons. The molecule has 1 aromatic rings. The quantitative estimate of drug-likeness (QED) is 0.363. The smallest absolute Gasteiger partial charge is 0.319 e. The number of halogens is 1. The maximum atomic E-state index is 12.6. The molecule has 7 nitrogen and oxygen atoms in total. The van der Waals surface area contributed by atoms with E-state index in [2.05, 4.69) is 34.0 Å². The van der Waals surface area contributed by atoms with Crippen LogP contribution < -0.4 is 5.32 Å². The van der Waals surface area contributed by atoms with Crippen molar-refractivity contribution in [2.75, 3.05) is 19.5 Å². The number of benzene rings is 1. The van der Waals surface area contributed by atoms with Crippen LogP contribution in [0.4, 0.5) is 0 Å². The minimum Gasteiger partial charge on any atom is -0.468 e. The van der Waals surface area contributed by atoms with E-state index >= 15 is 0 Å². The van der Waals surface area contributed by atoms with Gasteiger partial charge in [-0.3, -0.25) is 14.4 Å². The third kappa shape index (κ3) is 4.81. The van der Waals surface area contributed by atoms with Gasteiger partial charge in [0.2, 0.25) is 5.91 Å². The number of nitrogens with one attached hydrogen (secondary N) is 1. The van der Waals surface area contributed by atoms with E-state index in [1.807, 2.05) is 12.1 Å². The number of amides is 1. The molecule has 0 saturated carbocycles. The molecule has 2 rings (SSSR count). The van der Waals surface area contributed by atoms with Crippen molar-refractivity contribution in [1.82, 2.24) is 5.32 Å². The zero-order chi connectivity index (χ0) is 20.0. The molecule has 1 aliphatic rings. The Balaban J connectivity index is 2.52. The Morgan fingerprint density at radius 1 is 1.37 bits per heavy atom. The molecular weight excluding hydrogens is 483 g/mol. The number of carbonyl (C=O) groups is 3. The van der Waals surface area contributed by atoms with Crippen molar-refractivity contribution >= 4 is 52.2 Å². The van der Waals surface area contributed by atoms with E-state index < -0.39 is 29.7 Å². The van der Waals surface area contributed by atoms with Crippen LogP contribution in [-0.4, -0.2) is 37.3 Å². The number of methoxy groups -OCH3 is 1. The summed E-state index contributed by atoms with van der Waals surface area (Å²) in [4.78, 5) is 36.6. The van der Waals surface area contributed by atoms with Gasteiger partial charge in [0.05, 0.1) is 36.1 Å². The lowest BCUT2D eigenvalue weighted by molar-refractivity contribution is -0.150. The second-order valence-electron chi connectivity index (χ2n) is 5.44. The van der Waals surface area contributed by atoms with Crippen molar-refractivity contribution in [3.8, 4) is 6.07 Å². The fraction of sp³-hybridized carbons (Fsp3) is 0.333. The zero-order valence-electron chi connectivity index (χ0n) is 14.7. The minimum absolute atomic E-state index is 0.0594. The first-order valence-electron chi connectivity index (χ1n) is 8.00. The van der Waals surface area contributed by atoms with Crippen LogP contribution in [0.15, 0.2) is 34.9 Å². The normalized spacial score (nSPS) is 19.1. The molecule has 0 bridgehead atoms. The molecule has 0 unspecified atom stereocenters. The molecule has 0 aliphatic carbocycles. The first-order valence-corrected chi connectivity index (χ1v) is 10.1. The molecule has 0 fully saturated rings. The second kappa shape index (κ2) is 9.75. The monoisotopic (exact) mass is 500 g/mol. The van der Waals surface area contributed by atoms with E-state index in [1.165, 1.54) is 7.11 Å². The molecule has 0 radical (unpaired) electrons. The number of allylic oxidation sites excluding steroid dienone is 1. The van der Waals surface area contributed by atoms with Gasteiger partial charge in [-0.1, -0.05) is 30.0 Å². The van der Waals surface area contributed by atoms with Gasteiger partial charge in [0, 0.05) is 9.49 Å². The molecule has 0 aromatic heterocycles. The summed E-state index contributed by atoms with van der Waals surface area (Å²) in [5.74, 6) is -3.80. The molecule has 0 saturated heterocycles. The maximum Gasteiger partial charge on any atom is 0.319 e. The highest BCUT2D eigenvalue weighted by atomic mass is 127. The van der Waals surface area contributed by atoms with Gasteiger partial charge in [0.25, 0.3) is 0 Å². The Morgan fingerprint density at radius 2 is 2.07 bits per heavy atom. The lowest BCUT2D eigenvalue weighted by Crippen LogP contribution is -2.44. The third-order valence-corrected chi connectivity index (χ3v) is 5.84. The molecule has 0 spiro atoms. The van der Waals surface area contributed by atoms with Crippen molar-refractivity contribution in [3.63, 3.8) is 0 Å². The average molecular weight is 500 g/mol. The summed E-state index contributed by atoms with van der Waals surface area (Å²) in [5.41, 5.74) is 0.887. The van der Waals surface area contributed by atoms with Crippen LogP contribution in [0.2, 0.25) is 0 Å². The molecule has 2 atom stereocenters. The maximum absolute atomic E-state index is 12.6. The Hall–Kier alpha value is -2.06. The van der Waals surface area contributed by atoms with Crippen molar-refractivity contribution in [3.05, 3.63) is 44.0 Å². The lowest BCUT2D eigenvalue weighted by Gasteiger charge is -2.31. The summed E-state index contributed by atoms with van der Waals surface area (Å²) in [6.07, 6.45) is 0. The van der Waals surface area contributed by atoms with Gasteiger partial charge in [0.1, 0.15) is 5.92 Å². The first kappa shape index (κ1) is 21.2. The van der Waals surface area contributed by atoms with Crippen molar-refractivity contribution in [2.24, 2.45) is 5.92 Å². The predicted octanol–water partition coefficient (Wildman–Crippen LogP) is 2.33. The molecular formula is C18H17IN2O5S. The molecule has 1 N–H and O–H groups in total. The molecule has 1 heterocycles. The summed E-state index contributed by atoms with van der Waals surface area (Å²) in [7, 11) is 1.20. The molecule has 9 heteroatoms. The number of hydrogen-bond acceptors (Lipinski definition) is 7. The summed E-state index contributed by atoms with van der Waals surface area (Å²) in [6.45, 7) is 1.93. The van der Waals surface area contributed by atoms with Gasteiger partial charge in [-0.15, -0.1) is 0 Å². The lowest BCUT2D eigenvalue weighted by atomic mass is 9.78. The van der Waals surface area contributed by atoms with E-state index in [0.717, 1.165) is 15.3 Å². The number of nitriles is 1. The van der Waals surface area contributed by atoms with Gasteiger partial charge in [-0.2, -0.15) is 5.26 Å². The second-order valence-corrected chi connectivity index (χ2v) is 7.59. The number of carbonyl (C=O) groups excluding carboxylic acids is 3. The van der Waals surface area contributed by atoms with Gasteiger partial charge in [0.15, 0.2) is 0 Å². The van der Waals surface area contributed by atoms with Gasteiger partial charge in [-0.05, 0) is 41.1 Å². The SMILES string of the molecule is CCOC(=O)CSC1=C(C#N)[C@@H](c2ccccc2I)[C@@H](C(=O)OC)C(=O)N1. The average Bonchev–Trinajstić information content (AvgIpc) is 2.66. The first-order chi connectivity index (χ1) is 12.9. The Kier molecular flexibility index (Phi) is 7.67. The van der Waals surface area contributed by atoms with Gasteiger partial charge in [-0.25, -0.2) is 0 Å². The third-order valence-electron chi connectivity index (χ3n) is 3.86. The highest BCUT2D eigenvalue weighted by Gasteiger charge is 2.45. The summed E-state index contributed by atoms with van der Waals surface area (Å²) in [6, 6.07) is 9.30. The van der Waals surface area contributed by atoms with Crippen LogP contribution in [0.1, 0.15) is 18.4 Å². The molecule has 27 heavy (non-hydrogen) atoms. The van der Waals surface area contributed by atoms with E-state index in [0.29, 0.717) is 5.56 Å². The Morgan fingerprint density at radius 3 is 2.67 bits per heavy atom. The standard InChI is InChI=1S/C18H17IN2O5S/c1-3-26-13(22)9-27-17-11(8-20)14(10-6-4-5-7-12(10)19)15(16(23)21-17)18(24)25-2/h4-7,14-15H,3,9H2,1-2H3,(H,21,23)/t14-,15-/m1/s1.